The molecule has 6 nitrogen and oxygen atoms in total. The Balaban J connectivity index is 0.000000423. The maximum Gasteiger partial charge on any atom is 0.402 e. The fourth-order valence-corrected chi connectivity index (χ4v) is 0.778. The number of carboxylic acids is 1. The van der Waals surface area contributed by atoms with Gasteiger partial charge in [-0.2, -0.15) is 0 Å². The molecule has 1 atom stereocenters. The van der Waals surface area contributed by atoms with Crippen LogP contribution in [0.5, 0.6) is 0 Å². The van der Waals surface area contributed by atoms with Crippen LogP contribution in [0.1, 0.15) is 11.7 Å². The summed E-state index contributed by atoms with van der Waals surface area (Å²) in [5.41, 5.74) is 4.43. The molecule has 0 aliphatic rings. The van der Waals surface area contributed by atoms with E-state index in [1.165, 1.54) is 0 Å². The number of primary amides is 1. The Hall–Kier alpha value is -2.08. The van der Waals surface area contributed by atoms with Crippen LogP contribution in [0.25, 0.3) is 0 Å². The van der Waals surface area contributed by atoms with E-state index in [0.29, 0.717) is 5.56 Å². The van der Waals surface area contributed by atoms with Crippen LogP contribution in [-0.2, 0) is 4.79 Å². The Morgan fingerprint density at radius 1 is 1.13 bits per heavy atom. The summed E-state index contributed by atoms with van der Waals surface area (Å²) in [5, 5.41) is 24.6. The van der Waals surface area contributed by atoms with Gasteiger partial charge in [0.1, 0.15) is 0 Å². The molecule has 0 aliphatic carbocycles. The first-order chi connectivity index (χ1) is 6.95. The average Bonchev–Trinajstić information content (AvgIpc) is 2.17. The molecule has 1 aromatic rings. The number of benzene rings is 1. The number of rotatable bonds is 2. The fourth-order valence-electron chi connectivity index (χ4n) is 0.778. The van der Waals surface area contributed by atoms with E-state index in [1.807, 2.05) is 0 Å². The van der Waals surface area contributed by atoms with E-state index in [2.05, 4.69) is 5.73 Å². The summed E-state index contributed by atoms with van der Waals surface area (Å²) in [5.74, 6) is -1.23. The molecular weight excluding hydrogens is 202 g/mol. The number of aliphatic hydroxyl groups excluding tert-OH is 1. The minimum Gasteiger partial charge on any atom is -0.479 e. The van der Waals surface area contributed by atoms with Gasteiger partial charge in [0.15, 0.2) is 6.10 Å². The van der Waals surface area contributed by atoms with Crippen molar-refractivity contribution in [3.63, 3.8) is 0 Å². The van der Waals surface area contributed by atoms with Gasteiger partial charge in [-0.15, -0.1) is 0 Å². The first kappa shape index (κ1) is 12.9. The van der Waals surface area contributed by atoms with Gasteiger partial charge in [0.2, 0.25) is 0 Å². The molecule has 0 heterocycles. The molecule has 0 fully saturated rings. The Morgan fingerprint density at radius 2 is 1.53 bits per heavy atom. The third kappa shape index (κ3) is 6.05. The van der Waals surface area contributed by atoms with Gasteiger partial charge < -0.3 is 21.1 Å². The lowest BCUT2D eigenvalue weighted by atomic mass is 10.1. The van der Waals surface area contributed by atoms with Gasteiger partial charge in [-0.3, -0.25) is 0 Å². The van der Waals surface area contributed by atoms with Gasteiger partial charge in [0.05, 0.1) is 0 Å². The summed E-state index contributed by atoms with van der Waals surface area (Å²) < 4.78 is 0. The molecule has 0 saturated heterocycles. The van der Waals surface area contributed by atoms with Crippen molar-refractivity contribution in [1.29, 1.82) is 0 Å². The topological polar surface area (TPSA) is 121 Å². The number of nitrogens with two attached hydrogens (primary N) is 1. The average molecular weight is 213 g/mol. The highest BCUT2D eigenvalue weighted by molar-refractivity contribution is 5.73. The molecule has 1 amide bonds. The Kier molecular flexibility index (Phi) is 5.50. The van der Waals surface area contributed by atoms with Crippen LogP contribution >= 0.6 is 0 Å². The van der Waals surface area contributed by atoms with Crippen LogP contribution in [0.2, 0.25) is 0 Å². The van der Waals surface area contributed by atoms with Crippen molar-refractivity contribution in [2.75, 3.05) is 0 Å². The molecule has 0 aliphatic heterocycles. The minimum atomic E-state index is -1.41. The maximum atomic E-state index is 10.2. The van der Waals surface area contributed by atoms with Crippen molar-refractivity contribution >= 4 is 12.1 Å². The number of carbonyl (C=O) groups is 2. The van der Waals surface area contributed by atoms with E-state index >= 15 is 0 Å². The molecule has 82 valence electrons. The Morgan fingerprint density at radius 3 is 1.87 bits per heavy atom. The fraction of sp³-hybridized carbons (Fsp3) is 0.111. The second kappa shape index (κ2) is 6.39. The van der Waals surface area contributed by atoms with E-state index in [4.69, 9.17) is 20.1 Å². The molecule has 1 aromatic carbocycles. The zero-order valence-electron chi connectivity index (χ0n) is 7.70. The van der Waals surface area contributed by atoms with Gasteiger partial charge in [-0.05, 0) is 5.56 Å². The lowest BCUT2D eigenvalue weighted by Gasteiger charge is -2.03. The summed E-state index contributed by atoms with van der Waals surface area (Å²) in [6.45, 7) is 0. The van der Waals surface area contributed by atoms with Crippen molar-refractivity contribution in [2.24, 2.45) is 5.73 Å². The van der Waals surface area contributed by atoms with Gasteiger partial charge in [0.25, 0.3) is 0 Å². The van der Waals surface area contributed by atoms with Crippen LogP contribution < -0.4 is 5.73 Å². The van der Waals surface area contributed by atoms with Crippen molar-refractivity contribution in [1.82, 2.24) is 0 Å². The molecular formula is C9H11NO5. The number of amides is 1. The van der Waals surface area contributed by atoms with Crippen molar-refractivity contribution < 1.29 is 24.9 Å². The number of carboxylic acid groups (broad SMARTS) is 2. The third-order valence-corrected chi connectivity index (χ3v) is 1.35. The predicted octanol–water partition coefficient (Wildman–Crippen LogP) is 0.428. The Labute approximate surface area is 85.6 Å². The van der Waals surface area contributed by atoms with Crippen LogP contribution in [0.4, 0.5) is 4.79 Å². The smallest absolute Gasteiger partial charge is 0.402 e. The SMILES string of the molecule is NC(=O)O.O=C(O)C(O)c1ccccc1. The number of aliphatic carboxylic acids is 1. The van der Waals surface area contributed by atoms with E-state index in [9.17, 15) is 4.79 Å². The second-order valence-electron chi connectivity index (χ2n) is 2.49. The molecule has 5 N–H and O–H groups in total. The first-order valence-electron chi connectivity index (χ1n) is 3.89. The summed E-state index contributed by atoms with van der Waals surface area (Å²) >= 11 is 0. The second-order valence-corrected chi connectivity index (χ2v) is 2.49. The molecule has 15 heavy (non-hydrogen) atoms. The van der Waals surface area contributed by atoms with Crippen molar-refractivity contribution in [3.8, 4) is 0 Å². The van der Waals surface area contributed by atoms with Crippen molar-refractivity contribution in [3.05, 3.63) is 35.9 Å². The number of hydrogen-bond donors (Lipinski definition) is 4. The molecule has 0 radical (unpaired) electrons. The standard InChI is InChI=1S/C8H8O3.CH3NO2/c9-7(8(10)11)6-4-2-1-3-5-6;2-1(3)4/h1-5,7,9H,(H,10,11);2H2,(H,3,4). The van der Waals surface area contributed by atoms with Gasteiger partial charge in [0, 0.05) is 0 Å². The number of hydrogen-bond acceptors (Lipinski definition) is 3. The van der Waals surface area contributed by atoms with E-state index in [1.54, 1.807) is 30.3 Å². The van der Waals surface area contributed by atoms with Crippen LogP contribution in [-0.4, -0.2) is 27.4 Å². The third-order valence-electron chi connectivity index (χ3n) is 1.35. The zero-order valence-corrected chi connectivity index (χ0v) is 7.70. The predicted molar refractivity (Wildman–Crippen MR) is 51.2 cm³/mol. The van der Waals surface area contributed by atoms with E-state index < -0.39 is 18.2 Å². The van der Waals surface area contributed by atoms with Gasteiger partial charge in [-0.1, -0.05) is 30.3 Å². The lowest BCUT2D eigenvalue weighted by Crippen LogP contribution is -2.09. The highest BCUT2D eigenvalue weighted by atomic mass is 16.4. The van der Waals surface area contributed by atoms with Crippen LogP contribution in [0, 0.1) is 0 Å². The summed E-state index contributed by atoms with van der Waals surface area (Å²) in [4.78, 5) is 19.0. The zero-order chi connectivity index (χ0) is 11.8. The van der Waals surface area contributed by atoms with Gasteiger partial charge in [-0.25, -0.2) is 9.59 Å². The maximum absolute atomic E-state index is 10.2. The molecule has 0 aromatic heterocycles. The highest BCUT2D eigenvalue weighted by Gasteiger charge is 2.14. The number of aliphatic hydroxyl groups is 1. The summed E-state index contributed by atoms with van der Waals surface area (Å²) in [6.07, 6.45) is -2.74. The Bertz CT molecular complexity index is 321. The molecule has 6 heteroatoms. The monoisotopic (exact) mass is 213 g/mol. The van der Waals surface area contributed by atoms with Crippen LogP contribution in [0.15, 0.2) is 30.3 Å². The molecule has 1 rings (SSSR count). The quantitative estimate of drug-likeness (QED) is 0.567. The largest absolute Gasteiger partial charge is 0.479 e. The first-order valence-corrected chi connectivity index (χ1v) is 3.89. The normalized spacial score (nSPS) is 10.7. The van der Waals surface area contributed by atoms with E-state index in [0.717, 1.165) is 0 Å². The summed E-state index contributed by atoms with van der Waals surface area (Å²) in [6, 6.07) is 8.26. The molecule has 0 bridgehead atoms. The van der Waals surface area contributed by atoms with E-state index in [-0.39, 0.29) is 0 Å². The van der Waals surface area contributed by atoms with Gasteiger partial charge >= 0.3 is 12.1 Å². The minimum absolute atomic E-state index is 0.403. The molecule has 1 unspecified atom stereocenters. The van der Waals surface area contributed by atoms with Crippen molar-refractivity contribution in [2.45, 2.75) is 6.10 Å². The lowest BCUT2D eigenvalue weighted by molar-refractivity contribution is -0.146. The molecule has 0 spiro atoms. The highest BCUT2D eigenvalue weighted by Crippen LogP contribution is 2.10. The molecule has 0 saturated carbocycles. The van der Waals surface area contributed by atoms with Crippen LogP contribution in [0.3, 0.4) is 0 Å². The summed E-state index contributed by atoms with van der Waals surface area (Å²) in [7, 11) is 0.